The Kier molecular flexibility index (Phi) is 10.2. The zero-order valence-corrected chi connectivity index (χ0v) is 14.0. The summed E-state index contributed by atoms with van der Waals surface area (Å²) in [4.78, 5) is 25.1. The Hall–Kier alpha value is -1.63. The van der Waals surface area contributed by atoms with Crippen LogP contribution in [0.3, 0.4) is 0 Å². The number of benzene rings is 1. The summed E-state index contributed by atoms with van der Waals surface area (Å²) in [5.74, 6) is -0.225. The van der Waals surface area contributed by atoms with E-state index >= 15 is 0 Å². The highest BCUT2D eigenvalue weighted by molar-refractivity contribution is 5.97. The first-order valence-electron chi connectivity index (χ1n) is 6.86. The van der Waals surface area contributed by atoms with Gasteiger partial charge in [-0.05, 0) is 24.3 Å². The smallest absolute Gasteiger partial charge is 0.253 e. The number of carbonyl (C=O) groups is 2. The third-order valence-electron chi connectivity index (χ3n) is 2.87. The number of methoxy groups -OCH3 is 1. The van der Waals surface area contributed by atoms with Gasteiger partial charge in [-0.1, -0.05) is 0 Å². The standard InChI is InChI=1S/C15H23N3O3.ClH/c1-18(2)15(20)13-6-4-12(5-7-13)14(19)17-9-8-16-10-11-21-3;/h4-7,16H,8-11H2,1-3H3,(H,17,19);1H. The number of ether oxygens (including phenoxy) is 1. The minimum atomic E-state index is -0.146. The van der Waals surface area contributed by atoms with Gasteiger partial charge in [0.2, 0.25) is 0 Å². The molecule has 1 aromatic carbocycles. The van der Waals surface area contributed by atoms with Gasteiger partial charge in [0, 0.05) is 52.0 Å². The molecule has 0 aliphatic carbocycles. The fraction of sp³-hybridized carbons (Fsp3) is 0.467. The largest absolute Gasteiger partial charge is 0.383 e. The van der Waals surface area contributed by atoms with E-state index in [0.29, 0.717) is 30.8 Å². The first-order valence-corrected chi connectivity index (χ1v) is 6.86. The van der Waals surface area contributed by atoms with Crippen molar-refractivity contribution in [1.82, 2.24) is 15.5 Å². The van der Waals surface area contributed by atoms with E-state index in [1.807, 2.05) is 0 Å². The van der Waals surface area contributed by atoms with E-state index in [-0.39, 0.29) is 24.2 Å². The Labute approximate surface area is 137 Å². The van der Waals surface area contributed by atoms with E-state index in [4.69, 9.17) is 4.74 Å². The Morgan fingerprint density at radius 3 is 2.18 bits per heavy atom. The molecule has 6 nitrogen and oxygen atoms in total. The quantitative estimate of drug-likeness (QED) is 0.691. The molecule has 0 spiro atoms. The van der Waals surface area contributed by atoms with Gasteiger partial charge in [-0.3, -0.25) is 9.59 Å². The molecule has 0 bridgehead atoms. The Morgan fingerprint density at radius 1 is 1.05 bits per heavy atom. The molecule has 0 unspecified atom stereocenters. The number of carbonyl (C=O) groups excluding carboxylic acids is 2. The van der Waals surface area contributed by atoms with Crippen LogP contribution in [0.25, 0.3) is 0 Å². The van der Waals surface area contributed by atoms with Crippen LogP contribution in [-0.4, -0.2) is 64.2 Å². The lowest BCUT2D eigenvalue weighted by Gasteiger charge is -2.10. The Balaban J connectivity index is 0.00000441. The number of rotatable bonds is 8. The second kappa shape index (κ2) is 11.0. The number of nitrogens with zero attached hydrogens (tertiary/aromatic N) is 1. The molecule has 2 N–H and O–H groups in total. The van der Waals surface area contributed by atoms with Gasteiger partial charge < -0.3 is 20.3 Å². The lowest BCUT2D eigenvalue weighted by atomic mass is 10.1. The zero-order chi connectivity index (χ0) is 15.7. The molecule has 0 radical (unpaired) electrons. The van der Waals surface area contributed by atoms with Gasteiger partial charge in [-0.15, -0.1) is 12.4 Å². The van der Waals surface area contributed by atoms with E-state index < -0.39 is 0 Å². The molecule has 0 aliphatic rings. The van der Waals surface area contributed by atoms with E-state index in [2.05, 4.69) is 10.6 Å². The fourth-order valence-corrected chi connectivity index (χ4v) is 1.69. The molecule has 0 atom stereocenters. The summed E-state index contributed by atoms with van der Waals surface area (Å²) in [5, 5.41) is 5.95. The van der Waals surface area contributed by atoms with Crippen molar-refractivity contribution in [1.29, 1.82) is 0 Å². The number of hydrogen-bond donors (Lipinski definition) is 2. The van der Waals surface area contributed by atoms with Crippen LogP contribution in [0.2, 0.25) is 0 Å². The highest BCUT2D eigenvalue weighted by Gasteiger charge is 2.09. The second-order valence-electron chi connectivity index (χ2n) is 4.78. The van der Waals surface area contributed by atoms with Crippen LogP contribution in [0.1, 0.15) is 20.7 Å². The summed E-state index contributed by atoms with van der Waals surface area (Å²) in [6, 6.07) is 6.64. The van der Waals surface area contributed by atoms with Crippen molar-refractivity contribution in [2.45, 2.75) is 0 Å². The molecule has 0 saturated carbocycles. The number of amides is 2. The van der Waals surface area contributed by atoms with Crippen LogP contribution < -0.4 is 10.6 Å². The average molecular weight is 330 g/mol. The summed E-state index contributed by atoms with van der Waals surface area (Å²) in [6.07, 6.45) is 0. The van der Waals surface area contributed by atoms with Crippen LogP contribution in [0.5, 0.6) is 0 Å². The minimum absolute atomic E-state index is 0. The molecular weight excluding hydrogens is 306 g/mol. The summed E-state index contributed by atoms with van der Waals surface area (Å²) >= 11 is 0. The molecule has 0 saturated heterocycles. The Bertz CT molecular complexity index is 464. The maximum absolute atomic E-state index is 11.9. The SMILES string of the molecule is COCCNCCNC(=O)c1ccc(C(=O)N(C)C)cc1.Cl. The number of hydrogen-bond acceptors (Lipinski definition) is 4. The van der Waals surface area contributed by atoms with Crippen LogP contribution in [0.4, 0.5) is 0 Å². The van der Waals surface area contributed by atoms with Crippen molar-refractivity contribution >= 4 is 24.2 Å². The van der Waals surface area contributed by atoms with Crippen molar-refractivity contribution in [2.75, 3.05) is 47.4 Å². The molecule has 1 aromatic rings. The highest BCUT2D eigenvalue weighted by Crippen LogP contribution is 2.06. The van der Waals surface area contributed by atoms with Gasteiger partial charge in [0.05, 0.1) is 6.61 Å². The second-order valence-corrected chi connectivity index (χ2v) is 4.78. The molecule has 0 heterocycles. The van der Waals surface area contributed by atoms with Crippen molar-refractivity contribution in [3.8, 4) is 0 Å². The lowest BCUT2D eigenvalue weighted by Crippen LogP contribution is -2.33. The minimum Gasteiger partial charge on any atom is -0.383 e. The van der Waals surface area contributed by atoms with Gasteiger partial charge in [-0.25, -0.2) is 0 Å². The molecule has 7 heteroatoms. The molecule has 2 amide bonds. The van der Waals surface area contributed by atoms with Crippen LogP contribution in [-0.2, 0) is 4.74 Å². The third-order valence-corrected chi connectivity index (χ3v) is 2.87. The normalized spacial score (nSPS) is 9.77. The maximum Gasteiger partial charge on any atom is 0.253 e. The van der Waals surface area contributed by atoms with Crippen LogP contribution >= 0.6 is 12.4 Å². The summed E-state index contributed by atoms with van der Waals surface area (Å²) in [6.45, 7) is 2.64. The van der Waals surface area contributed by atoms with Gasteiger partial charge in [0.25, 0.3) is 11.8 Å². The van der Waals surface area contributed by atoms with Crippen molar-refractivity contribution < 1.29 is 14.3 Å². The first kappa shape index (κ1) is 20.4. The molecule has 1 rings (SSSR count). The van der Waals surface area contributed by atoms with Gasteiger partial charge >= 0.3 is 0 Å². The van der Waals surface area contributed by atoms with E-state index in [1.54, 1.807) is 45.5 Å². The van der Waals surface area contributed by atoms with Gasteiger partial charge in [0.1, 0.15) is 0 Å². The number of halogens is 1. The summed E-state index contributed by atoms with van der Waals surface area (Å²) in [7, 11) is 5.03. The van der Waals surface area contributed by atoms with E-state index in [0.717, 1.165) is 6.54 Å². The van der Waals surface area contributed by atoms with Gasteiger partial charge in [0.15, 0.2) is 0 Å². The highest BCUT2D eigenvalue weighted by atomic mass is 35.5. The molecule has 0 aliphatic heterocycles. The van der Waals surface area contributed by atoms with Crippen LogP contribution in [0, 0.1) is 0 Å². The average Bonchev–Trinajstić information content (AvgIpc) is 2.49. The number of nitrogens with one attached hydrogen (secondary N) is 2. The molecular formula is C15H24ClN3O3. The summed E-state index contributed by atoms with van der Waals surface area (Å²) in [5.41, 5.74) is 1.11. The maximum atomic E-state index is 11.9. The van der Waals surface area contributed by atoms with E-state index in [1.165, 1.54) is 4.90 Å². The predicted molar refractivity (Wildman–Crippen MR) is 88.8 cm³/mol. The molecule has 22 heavy (non-hydrogen) atoms. The van der Waals surface area contributed by atoms with Gasteiger partial charge in [-0.2, -0.15) is 0 Å². The topological polar surface area (TPSA) is 70.7 Å². The van der Waals surface area contributed by atoms with E-state index in [9.17, 15) is 9.59 Å². The molecule has 0 fully saturated rings. The fourth-order valence-electron chi connectivity index (χ4n) is 1.69. The lowest BCUT2D eigenvalue weighted by molar-refractivity contribution is 0.0826. The first-order chi connectivity index (χ1) is 10.1. The molecule has 0 aromatic heterocycles. The van der Waals surface area contributed by atoms with Crippen molar-refractivity contribution in [3.05, 3.63) is 35.4 Å². The zero-order valence-electron chi connectivity index (χ0n) is 13.2. The summed E-state index contributed by atoms with van der Waals surface area (Å²) < 4.78 is 4.91. The van der Waals surface area contributed by atoms with Crippen molar-refractivity contribution in [3.63, 3.8) is 0 Å². The third kappa shape index (κ3) is 6.89. The predicted octanol–water partition coefficient (Wildman–Crippen LogP) is 0.776. The Morgan fingerprint density at radius 2 is 1.64 bits per heavy atom. The molecule has 124 valence electrons. The monoisotopic (exact) mass is 329 g/mol. The van der Waals surface area contributed by atoms with Crippen LogP contribution in [0.15, 0.2) is 24.3 Å². The van der Waals surface area contributed by atoms with Crippen molar-refractivity contribution in [2.24, 2.45) is 0 Å².